The summed E-state index contributed by atoms with van der Waals surface area (Å²) in [6.07, 6.45) is 0.361. The Morgan fingerprint density at radius 2 is 2.09 bits per heavy atom. The number of nitrogens with two attached hydrogens (primary N) is 1. The van der Waals surface area contributed by atoms with Crippen molar-refractivity contribution in [2.75, 3.05) is 18.7 Å². The van der Waals surface area contributed by atoms with Crippen LogP contribution in [0.3, 0.4) is 0 Å². The molecule has 0 saturated carbocycles. The third-order valence-electron chi connectivity index (χ3n) is 2.82. The Kier molecular flexibility index (Phi) is 7.11. The lowest BCUT2D eigenvalue weighted by Gasteiger charge is -2.19. The first-order valence-electron chi connectivity index (χ1n) is 6.77. The number of nitrogen functional groups attached to an aromatic ring is 1. The van der Waals surface area contributed by atoms with Crippen LogP contribution in [-0.4, -0.2) is 48.5 Å². The van der Waals surface area contributed by atoms with Gasteiger partial charge in [0.2, 0.25) is 5.95 Å². The third-order valence-corrected chi connectivity index (χ3v) is 3.30. The fourth-order valence-corrected chi connectivity index (χ4v) is 2.17. The van der Waals surface area contributed by atoms with Crippen LogP contribution in [0.15, 0.2) is 4.79 Å². The van der Waals surface area contributed by atoms with E-state index in [0.29, 0.717) is 12.2 Å². The summed E-state index contributed by atoms with van der Waals surface area (Å²) in [6.45, 7) is 1.35. The number of anilines is 1. The zero-order valence-corrected chi connectivity index (χ0v) is 13.1. The number of aryl methyl sites for hydroxylation is 1. The van der Waals surface area contributed by atoms with E-state index in [0.717, 1.165) is 12.8 Å². The van der Waals surface area contributed by atoms with Crippen LogP contribution >= 0.6 is 7.60 Å². The van der Waals surface area contributed by atoms with Crippen molar-refractivity contribution in [3.8, 4) is 0 Å². The molecule has 0 unspecified atom stereocenters. The number of ether oxygens (including phenoxy) is 1. The first kappa shape index (κ1) is 18.7. The molecule has 11 heteroatoms. The van der Waals surface area contributed by atoms with E-state index in [1.54, 1.807) is 0 Å². The molecule has 1 heterocycles. The van der Waals surface area contributed by atoms with E-state index in [1.165, 1.54) is 4.57 Å². The van der Waals surface area contributed by atoms with Gasteiger partial charge in [-0.3, -0.25) is 9.13 Å². The van der Waals surface area contributed by atoms with Crippen molar-refractivity contribution in [2.24, 2.45) is 0 Å². The second-order valence-corrected chi connectivity index (χ2v) is 6.35. The summed E-state index contributed by atoms with van der Waals surface area (Å²) < 4.78 is 16.9. The molecular formula is C11H21N4O6P. The van der Waals surface area contributed by atoms with E-state index >= 15 is 0 Å². The summed E-state index contributed by atoms with van der Waals surface area (Å²) in [5.41, 5.74) is 4.82. The molecule has 0 saturated heterocycles. The standard InChI is InChI=1S/C11H21N4O6P/c1-2-3-4-9-13-10(12)14-11(17)15(9)5-8(6-16)21-7-22(18,19)20/h8,16H,2-7H2,1H3,(H2,12,14,17)(H2,18,19,20)/t8-/m0/s1. The van der Waals surface area contributed by atoms with Gasteiger partial charge in [0.05, 0.1) is 19.3 Å². The van der Waals surface area contributed by atoms with Crippen LogP contribution < -0.4 is 11.4 Å². The largest absolute Gasteiger partial charge is 0.394 e. The van der Waals surface area contributed by atoms with Crippen LogP contribution in [0.25, 0.3) is 0 Å². The Bertz CT molecular complexity index is 586. The summed E-state index contributed by atoms with van der Waals surface area (Å²) in [7, 11) is -4.36. The normalized spacial score (nSPS) is 13.3. The van der Waals surface area contributed by atoms with Crippen LogP contribution in [0.2, 0.25) is 0 Å². The minimum atomic E-state index is -4.36. The van der Waals surface area contributed by atoms with Gasteiger partial charge in [-0.15, -0.1) is 0 Å². The summed E-state index contributed by atoms with van der Waals surface area (Å²) in [4.78, 5) is 37.0. The smallest absolute Gasteiger partial charge is 0.352 e. The van der Waals surface area contributed by atoms with Gasteiger partial charge < -0.3 is 25.4 Å². The van der Waals surface area contributed by atoms with Crippen LogP contribution in [0.1, 0.15) is 25.6 Å². The Morgan fingerprint density at radius 1 is 1.41 bits per heavy atom. The van der Waals surface area contributed by atoms with Crippen LogP contribution in [0.4, 0.5) is 5.95 Å². The summed E-state index contributed by atoms with van der Waals surface area (Å²) >= 11 is 0. The first-order valence-corrected chi connectivity index (χ1v) is 8.56. The summed E-state index contributed by atoms with van der Waals surface area (Å²) in [5, 5.41) is 9.24. The monoisotopic (exact) mass is 336 g/mol. The number of hydrogen-bond donors (Lipinski definition) is 4. The minimum absolute atomic E-state index is 0.116. The molecule has 1 aromatic rings. The number of aromatic nitrogens is 3. The van der Waals surface area contributed by atoms with Gasteiger partial charge in [0.1, 0.15) is 12.2 Å². The topological polar surface area (TPSA) is 161 Å². The van der Waals surface area contributed by atoms with Crippen molar-refractivity contribution in [1.29, 1.82) is 0 Å². The summed E-state index contributed by atoms with van der Waals surface area (Å²) in [6, 6.07) is 0. The van der Waals surface area contributed by atoms with Gasteiger partial charge in [0.15, 0.2) is 0 Å². The lowest BCUT2D eigenvalue weighted by molar-refractivity contribution is 0.0181. The molecule has 0 aliphatic rings. The Balaban J connectivity index is 2.93. The van der Waals surface area contributed by atoms with E-state index in [2.05, 4.69) is 9.97 Å². The molecule has 1 rings (SSSR count). The predicted octanol–water partition coefficient (Wildman–Crippen LogP) is -0.924. The van der Waals surface area contributed by atoms with Gasteiger partial charge in [0, 0.05) is 6.42 Å². The zero-order valence-electron chi connectivity index (χ0n) is 12.3. The van der Waals surface area contributed by atoms with Crippen molar-refractivity contribution < 1.29 is 24.2 Å². The van der Waals surface area contributed by atoms with Crippen molar-refractivity contribution in [3.63, 3.8) is 0 Å². The highest BCUT2D eigenvalue weighted by Crippen LogP contribution is 2.34. The molecule has 0 aliphatic heterocycles. The zero-order chi connectivity index (χ0) is 16.8. The maximum atomic E-state index is 11.9. The first-order chi connectivity index (χ1) is 10.3. The highest BCUT2D eigenvalue weighted by molar-refractivity contribution is 7.51. The predicted molar refractivity (Wildman–Crippen MR) is 78.2 cm³/mol. The lowest BCUT2D eigenvalue weighted by Crippen LogP contribution is -2.35. The quantitative estimate of drug-likeness (QED) is 0.418. The van der Waals surface area contributed by atoms with Crippen LogP contribution in [-0.2, 0) is 22.3 Å². The lowest BCUT2D eigenvalue weighted by atomic mass is 10.2. The fourth-order valence-electron chi connectivity index (χ4n) is 1.76. The number of aliphatic hydroxyl groups excluding tert-OH is 1. The van der Waals surface area contributed by atoms with E-state index in [-0.39, 0.29) is 12.5 Å². The molecule has 22 heavy (non-hydrogen) atoms. The molecule has 0 aliphatic carbocycles. The van der Waals surface area contributed by atoms with Gasteiger partial charge in [0.25, 0.3) is 0 Å². The van der Waals surface area contributed by atoms with E-state index in [9.17, 15) is 14.5 Å². The number of aliphatic hydroxyl groups is 1. The van der Waals surface area contributed by atoms with Crippen molar-refractivity contribution in [2.45, 2.75) is 38.8 Å². The van der Waals surface area contributed by atoms with Crippen molar-refractivity contribution in [3.05, 3.63) is 16.3 Å². The number of hydrogen-bond acceptors (Lipinski definition) is 7. The number of nitrogens with zero attached hydrogens (tertiary/aromatic N) is 3. The van der Waals surface area contributed by atoms with Gasteiger partial charge in [-0.05, 0) is 6.42 Å². The second kappa shape index (κ2) is 8.35. The maximum absolute atomic E-state index is 11.9. The molecule has 126 valence electrons. The SMILES string of the molecule is CCCCc1nc(N)nc(=O)n1C[C@@H](CO)OCP(=O)(O)O. The molecule has 0 bridgehead atoms. The fraction of sp³-hybridized carbons (Fsp3) is 0.727. The van der Waals surface area contributed by atoms with E-state index in [4.69, 9.17) is 20.3 Å². The van der Waals surface area contributed by atoms with Crippen LogP contribution in [0.5, 0.6) is 0 Å². The molecule has 1 atom stereocenters. The van der Waals surface area contributed by atoms with Gasteiger partial charge in [-0.1, -0.05) is 13.3 Å². The van der Waals surface area contributed by atoms with E-state index < -0.39 is 32.3 Å². The second-order valence-electron chi connectivity index (χ2n) is 4.76. The minimum Gasteiger partial charge on any atom is -0.394 e. The van der Waals surface area contributed by atoms with Crippen molar-refractivity contribution >= 4 is 13.5 Å². The maximum Gasteiger partial charge on any atom is 0.352 e. The van der Waals surface area contributed by atoms with Crippen molar-refractivity contribution in [1.82, 2.24) is 14.5 Å². The average Bonchev–Trinajstić information content (AvgIpc) is 2.42. The average molecular weight is 336 g/mol. The molecule has 5 N–H and O–H groups in total. The van der Waals surface area contributed by atoms with Gasteiger partial charge >= 0.3 is 13.3 Å². The number of unbranched alkanes of at least 4 members (excludes halogenated alkanes) is 1. The highest BCUT2D eigenvalue weighted by atomic mass is 31.2. The molecular weight excluding hydrogens is 315 g/mol. The molecule has 0 spiro atoms. The highest BCUT2D eigenvalue weighted by Gasteiger charge is 2.20. The molecule has 0 fully saturated rings. The summed E-state index contributed by atoms with van der Waals surface area (Å²) in [5.74, 6) is 0.265. The molecule has 0 aromatic carbocycles. The molecule has 0 amide bonds. The molecule has 0 radical (unpaired) electrons. The van der Waals surface area contributed by atoms with E-state index in [1.807, 2.05) is 6.92 Å². The Morgan fingerprint density at radius 3 is 2.64 bits per heavy atom. The Labute approximate surface area is 127 Å². The van der Waals surface area contributed by atoms with Crippen LogP contribution in [0, 0.1) is 0 Å². The molecule has 10 nitrogen and oxygen atoms in total. The van der Waals surface area contributed by atoms with Gasteiger partial charge in [-0.25, -0.2) is 4.79 Å². The third kappa shape index (κ3) is 6.20. The number of rotatable bonds is 9. The molecule has 1 aromatic heterocycles. The van der Waals surface area contributed by atoms with Gasteiger partial charge in [-0.2, -0.15) is 9.97 Å². The Hall–Kier alpha value is -1.32.